The van der Waals surface area contributed by atoms with Gasteiger partial charge in [0.1, 0.15) is 10.3 Å². The van der Waals surface area contributed by atoms with E-state index in [0.717, 1.165) is 5.69 Å². The Hall–Kier alpha value is -1.06. The predicted octanol–water partition coefficient (Wildman–Crippen LogP) is 2.55. The number of hydrogen-bond acceptors (Lipinski definition) is 2. The van der Waals surface area contributed by atoms with Gasteiger partial charge in [0.25, 0.3) is 5.56 Å². The predicted molar refractivity (Wildman–Crippen MR) is 61.7 cm³/mol. The topological polar surface area (TPSA) is 34.9 Å². The molecule has 2 rings (SSSR count). The van der Waals surface area contributed by atoms with Crippen molar-refractivity contribution < 1.29 is 0 Å². The van der Waals surface area contributed by atoms with Crippen LogP contribution in [-0.4, -0.2) is 9.55 Å². The molecule has 0 amide bonds. The van der Waals surface area contributed by atoms with Crippen LogP contribution in [-0.2, 0) is 7.05 Å². The van der Waals surface area contributed by atoms with Crippen LogP contribution >= 0.6 is 23.2 Å². The molecule has 0 spiro atoms. The zero-order chi connectivity index (χ0) is 11.2. The van der Waals surface area contributed by atoms with E-state index in [1.807, 2.05) is 13.0 Å². The molecule has 0 fully saturated rings. The highest BCUT2D eigenvalue weighted by Gasteiger charge is 2.08. The lowest BCUT2D eigenvalue weighted by Crippen LogP contribution is -2.18. The minimum atomic E-state index is -0.115. The van der Waals surface area contributed by atoms with Crippen LogP contribution in [0.3, 0.4) is 0 Å². The van der Waals surface area contributed by atoms with Gasteiger partial charge in [0.05, 0.1) is 5.39 Å². The van der Waals surface area contributed by atoms with Crippen molar-refractivity contribution in [2.75, 3.05) is 0 Å². The molecule has 2 heterocycles. The van der Waals surface area contributed by atoms with E-state index < -0.39 is 0 Å². The maximum Gasteiger partial charge on any atom is 0.258 e. The molecule has 0 bridgehead atoms. The number of rotatable bonds is 0. The van der Waals surface area contributed by atoms with Crippen LogP contribution in [0.1, 0.15) is 5.69 Å². The Balaban J connectivity index is 3.06. The first-order valence-electron chi connectivity index (χ1n) is 4.33. The van der Waals surface area contributed by atoms with E-state index in [1.54, 1.807) is 11.6 Å². The second-order valence-corrected chi connectivity index (χ2v) is 4.09. The monoisotopic (exact) mass is 242 g/mol. The van der Waals surface area contributed by atoms with Gasteiger partial charge in [-0.3, -0.25) is 4.79 Å². The number of nitrogens with zero attached hydrogens (tertiary/aromatic N) is 2. The molecule has 0 saturated heterocycles. The number of pyridine rings is 2. The fraction of sp³-hybridized carbons (Fsp3) is 0.200. The second kappa shape index (κ2) is 3.51. The Labute approximate surface area is 96.3 Å². The second-order valence-electron chi connectivity index (χ2n) is 3.35. The molecule has 15 heavy (non-hydrogen) atoms. The zero-order valence-corrected chi connectivity index (χ0v) is 9.73. The van der Waals surface area contributed by atoms with E-state index in [2.05, 4.69) is 4.98 Å². The summed E-state index contributed by atoms with van der Waals surface area (Å²) in [4.78, 5) is 15.8. The third kappa shape index (κ3) is 1.62. The van der Waals surface area contributed by atoms with Crippen molar-refractivity contribution in [2.45, 2.75) is 6.92 Å². The van der Waals surface area contributed by atoms with E-state index in [1.165, 1.54) is 6.07 Å². The summed E-state index contributed by atoms with van der Waals surface area (Å²) in [5.41, 5.74) is 0.717. The van der Waals surface area contributed by atoms with Gasteiger partial charge in [0.15, 0.2) is 0 Å². The molecule has 2 aromatic rings. The highest BCUT2D eigenvalue weighted by atomic mass is 35.5. The van der Waals surface area contributed by atoms with Crippen molar-refractivity contribution in [1.82, 2.24) is 9.55 Å². The average Bonchev–Trinajstić information content (AvgIpc) is 2.17. The highest BCUT2D eigenvalue weighted by Crippen LogP contribution is 2.22. The normalized spacial score (nSPS) is 10.9. The van der Waals surface area contributed by atoms with Crippen molar-refractivity contribution in [3.8, 4) is 0 Å². The van der Waals surface area contributed by atoms with Crippen LogP contribution in [0, 0.1) is 6.92 Å². The van der Waals surface area contributed by atoms with Gasteiger partial charge >= 0.3 is 0 Å². The Bertz CT molecular complexity index is 604. The SMILES string of the molecule is Cc1cc2c(Cl)nc(Cl)cc2c(=O)n1C. The Morgan fingerprint density at radius 2 is 1.93 bits per heavy atom. The molecule has 0 unspecified atom stereocenters. The molecule has 0 aromatic carbocycles. The average molecular weight is 243 g/mol. The Morgan fingerprint density at radius 1 is 1.27 bits per heavy atom. The maximum atomic E-state index is 11.9. The molecule has 0 atom stereocenters. The molecular formula is C10H8Cl2N2O. The van der Waals surface area contributed by atoms with Crippen LogP contribution in [0.5, 0.6) is 0 Å². The van der Waals surface area contributed by atoms with Crippen molar-refractivity contribution in [2.24, 2.45) is 7.05 Å². The van der Waals surface area contributed by atoms with Crippen molar-refractivity contribution in [3.05, 3.63) is 38.5 Å². The van der Waals surface area contributed by atoms with Gasteiger partial charge in [-0.2, -0.15) is 0 Å². The highest BCUT2D eigenvalue weighted by molar-refractivity contribution is 6.36. The van der Waals surface area contributed by atoms with Crippen LogP contribution in [0.15, 0.2) is 16.9 Å². The fourth-order valence-corrected chi connectivity index (χ4v) is 1.94. The standard InChI is InChI=1S/C10H8Cl2N2O/c1-5-3-6-7(10(15)14(5)2)4-8(11)13-9(6)12/h3-4H,1-2H3. The van der Waals surface area contributed by atoms with Gasteiger partial charge in [-0.15, -0.1) is 0 Å². The van der Waals surface area contributed by atoms with E-state index in [-0.39, 0.29) is 15.9 Å². The van der Waals surface area contributed by atoms with Gasteiger partial charge in [-0.25, -0.2) is 4.98 Å². The first kappa shape index (κ1) is 10.5. The quantitative estimate of drug-likeness (QED) is 0.666. The van der Waals surface area contributed by atoms with E-state index in [0.29, 0.717) is 10.8 Å². The van der Waals surface area contributed by atoms with Gasteiger partial charge in [-0.05, 0) is 19.1 Å². The Morgan fingerprint density at radius 3 is 2.60 bits per heavy atom. The van der Waals surface area contributed by atoms with E-state index in [4.69, 9.17) is 23.2 Å². The molecular weight excluding hydrogens is 235 g/mol. The number of aryl methyl sites for hydroxylation is 1. The molecule has 78 valence electrons. The summed E-state index contributed by atoms with van der Waals surface area (Å²) in [5.74, 6) is 0. The molecule has 3 nitrogen and oxygen atoms in total. The van der Waals surface area contributed by atoms with Crippen LogP contribution in [0.25, 0.3) is 10.8 Å². The van der Waals surface area contributed by atoms with Gasteiger partial charge in [0.2, 0.25) is 0 Å². The molecule has 0 aliphatic heterocycles. The summed E-state index contributed by atoms with van der Waals surface area (Å²) >= 11 is 11.7. The smallest absolute Gasteiger partial charge is 0.258 e. The Kier molecular flexibility index (Phi) is 2.44. The largest absolute Gasteiger partial charge is 0.315 e. The van der Waals surface area contributed by atoms with Crippen molar-refractivity contribution in [1.29, 1.82) is 0 Å². The number of aromatic nitrogens is 2. The summed E-state index contributed by atoms with van der Waals surface area (Å²) in [6.07, 6.45) is 0. The third-order valence-electron chi connectivity index (χ3n) is 2.40. The lowest BCUT2D eigenvalue weighted by molar-refractivity contribution is 0.830. The minimum Gasteiger partial charge on any atom is -0.315 e. The summed E-state index contributed by atoms with van der Waals surface area (Å²) < 4.78 is 1.55. The van der Waals surface area contributed by atoms with E-state index >= 15 is 0 Å². The molecule has 0 radical (unpaired) electrons. The summed E-state index contributed by atoms with van der Waals surface area (Å²) in [7, 11) is 1.71. The third-order valence-corrected chi connectivity index (χ3v) is 2.88. The first-order chi connectivity index (χ1) is 7.00. The summed E-state index contributed by atoms with van der Waals surface area (Å²) in [5, 5.41) is 1.63. The molecule has 0 aliphatic carbocycles. The molecule has 5 heteroatoms. The van der Waals surface area contributed by atoms with Gasteiger partial charge in [0, 0.05) is 18.1 Å². The summed E-state index contributed by atoms with van der Waals surface area (Å²) in [6, 6.07) is 3.35. The maximum absolute atomic E-state index is 11.9. The lowest BCUT2D eigenvalue weighted by atomic mass is 10.2. The van der Waals surface area contributed by atoms with Crippen molar-refractivity contribution in [3.63, 3.8) is 0 Å². The van der Waals surface area contributed by atoms with Crippen LogP contribution in [0.4, 0.5) is 0 Å². The fourth-order valence-electron chi connectivity index (χ4n) is 1.46. The number of hydrogen-bond donors (Lipinski definition) is 0. The summed E-state index contributed by atoms with van der Waals surface area (Å²) in [6.45, 7) is 1.84. The van der Waals surface area contributed by atoms with E-state index in [9.17, 15) is 4.79 Å². The zero-order valence-electron chi connectivity index (χ0n) is 8.21. The molecule has 0 N–H and O–H groups in total. The molecule has 0 saturated carbocycles. The van der Waals surface area contributed by atoms with Crippen LogP contribution in [0.2, 0.25) is 10.3 Å². The minimum absolute atomic E-state index is 0.115. The molecule has 2 aromatic heterocycles. The lowest BCUT2D eigenvalue weighted by Gasteiger charge is -2.06. The molecule has 0 aliphatic rings. The van der Waals surface area contributed by atoms with Gasteiger partial charge < -0.3 is 4.57 Å². The first-order valence-corrected chi connectivity index (χ1v) is 5.08. The number of halogens is 2. The van der Waals surface area contributed by atoms with Crippen LogP contribution < -0.4 is 5.56 Å². The van der Waals surface area contributed by atoms with Gasteiger partial charge in [-0.1, -0.05) is 23.2 Å². The number of fused-ring (bicyclic) bond motifs is 1. The van der Waals surface area contributed by atoms with Crippen molar-refractivity contribution >= 4 is 34.0 Å².